The standard InChI is InChI=1S/C16H23N3O2/c1-19(2)14(20)11-12-5-7-13(8-6-12)18-15(21)16(17)9-3-4-10-16/h5-8H,3-4,9-11,17H2,1-2H3,(H,18,21). The molecular formula is C16H23N3O2. The van der Waals surface area contributed by atoms with Crippen molar-refractivity contribution < 1.29 is 9.59 Å². The lowest BCUT2D eigenvalue weighted by molar-refractivity contribution is -0.128. The summed E-state index contributed by atoms with van der Waals surface area (Å²) in [7, 11) is 3.47. The van der Waals surface area contributed by atoms with E-state index in [2.05, 4.69) is 5.32 Å². The van der Waals surface area contributed by atoms with Crippen LogP contribution in [0.15, 0.2) is 24.3 Å². The highest BCUT2D eigenvalue weighted by molar-refractivity contribution is 5.98. The van der Waals surface area contributed by atoms with Gasteiger partial charge in [0.2, 0.25) is 11.8 Å². The Kier molecular flexibility index (Phi) is 4.63. The monoisotopic (exact) mass is 289 g/mol. The van der Waals surface area contributed by atoms with E-state index in [4.69, 9.17) is 5.73 Å². The number of nitrogens with one attached hydrogen (secondary N) is 1. The summed E-state index contributed by atoms with van der Waals surface area (Å²) in [5, 5.41) is 2.87. The number of nitrogens with zero attached hydrogens (tertiary/aromatic N) is 1. The van der Waals surface area contributed by atoms with E-state index in [0.717, 1.165) is 36.9 Å². The molecule has 1 fully saturated rings. The van der Waals surface area contributed by atoms with Crippen LogP contribution in [0.3, 0.4) is 0 Å². The molecule has 1 saturated carbocycles. The Balaban J connectivity index is 1.96. The van der Waals surface area contributed by atoms with E-state index in [1.165, 1.54) is 0 Å². The largest absolute Gasteiger partial charge is 0.349 e. The highest BCUT2D eigenvalue weighted by Gasteiger charge is 2.36. The topological polar surface area (TPSA) is 75.4 Å². The lowest BCUT2D eigenvalue weighted by Gasteiger charge is -2.22. The van der Waals surface area contributed by atoms with Gasteiger partial charge < -0.3 is 16.0 Å². The lowest BCUT2D eigenvalue weighted by atomic mass is 9.98. The van der Waals surface area contributed by atoms with Crippen molar-refractivity contribution in [1.29, 1.82) is 0 Å². The van der Waals surface area contributed by atoms with E-state index in [1.807, 2.05) is 24.3 Å². The third-order valence-electron chi connectivity index (χ3n) is 4.01. The highest BCUT2D eigenvalue weighted by Crippen LogP contribution is 2.28. The number of anilines is 1. The van der Waals surface area contributed by atoms with Crippen LogP contribution in [-0.2, 0) is 16.0 Å². The molecule has 0 bridgehead atoms. The van der Waals surface area contributed by atoms with Crippen LogP contribution in [0.4, 0.5) is 5.69 Å². The van der Waals surface area contributed by atoms with Crippen molar-refractivity contribution in [2.45, 2.75) is 37.6 Å². The first-order chi connectivity index (χ1) is 9.90. The fraction of sp³-hybridized carbons (Fsp3) is 0.500. The zero-order chi connectivity index (χ0) is 15.5. The first-order valence-corrected chi connectivity index (χ1v) is 7.30. The van der Waals surface area contributed by atoms with Crippen LogP contribution < -0.4 is 11.1 Å². The molecular weight excluding hydrogens is 266 g/mol. The zero-order valence-electron chi connectivity index (χ0n) is 12.7. The molecule has 0 atom stereocenters. The van der Waals surface area contributed by atoms with Crippen molar-refractivity contribution >= 4 is 17.5 Å². The molecule has 0 aliphatic heterocycles. The summed E-state index contributed by atoms with van der Waals surface area (Å²) < 4.78 is 0. The van der Waals surface area contributed by atoms with Crippen LogP contribution in [0, 0.1) is 0 Å². The second-order valence-corrected chi connectivity index (χ2v) is 5.98. The molecule has 114 valence electrons. The van der Waals surface area contributed by atoms with Gasteiger partial charge >= 0.3 is 0 Å². The van der Waals surface area contributed by atoms with Crippen molar-refractivity contribution in [1.82, 2.24) is 4.90 Å². The summed E-state index contributed by atoms with van der Waals surface area (Å²) in [6.07, 6.45) is 3.87. The Morgan fingerprint density at radius 1 is 1.19 bits per heavy atom. The third-order valence-corrected chi connectivity index (χ3v) is 4.01. The summed E-state index contributed by atoms with van der Waals surface area (Å²) in [4.78, 5) is 25.4. The second-order valence-electron chi connectivity index (χ2n) is 5.98. The van der Waals surface area contributed by atoms with Crippen molar-refractivity contribution in [3.05, 3.63) is 29.8 Å². The van der Waals surface area contributed by atoms with Crippen LogP contribution in [-0.4, -0.2) is 36.3 Å². The van der Waals surface area contributed by atoms with E-state index >= 15 is 0 Å². The van der Waals surface area contributed by atoms with Gasteiger partial charge in [-0.25, -0.2) is 0 Å². The fourth-order valence-electron chi connectivity index (χ4n) is 2.53. The predicted octanol–water partition coefficient (Wildman–Crippen LogP) is 1.53. The van der Waals surface area contributed by atoms with Crippen molar-refractivity contribution in [2.24, 2.45) is 5.73 Å². The number of rotatable bonds is 4. The van der Waals surface area contributed by atoms with Gasteiger partial charge in [0.15, 0.2) is 0 Å². The molecule has 0 aromatic heterocycles. The van der Waals surface area contributed by atoms with Crippen LogP contribution in [0.5, 0.6) is 0 Å². The minimum Gasteiger partial charge on any atom is -0.349 e. The molecule has 5 heteroatoms. The van der Waals surface area contributed by atoms with E-state index in [9.17, 15) is 9.59 Å². The van der Waals surface area contributed by atoms with Gasteiger partial charge in [0.25, 0.3) is 0 Å². The fourth-order valence-corrected chi connectivity index (χ4v) is 2.53. The SMILES string of the molecule is CN(C)C(=O)Cc1ccc(NC(=O)C2(N)CCCC2)cc1. The first kappa shape index (κ1) is 15.5. The minimum absolute atomic E-state index is 0.0543. The van der Waals surface area contributed by atoms with Crippen LogP contribution in [0.2, 0.25) is 0 Å². The van der Waals surface area contributed by atoms with Crippen molar-refractivity contribution in [2.75, 3.05) is 19.4 Å². The van der Waals surface area contributed by atoms with E-state index in [-0.39, 0.29) is 11.8 Å². The number of nitrogens with two attached hydrogens (primary N) is 1. The first-order valence-electron chi connectivity index (χ1n) is 7.30. The van der Waals surface area contributed by atoms with Crippen LogP contribution >= 0.6 is 0 Å². The summed E-state index contributed by atoms with van der Waals surface area (Å²) >= 11 is 0. The molecule has 1 aliphatic carbocycles. The van der Waals surface area contributed by atoms with Gasteiger partial charge in [0.05, 0.1) is 12.0 Å². The van der Waals surface area contributed by atoms with Crippen molar-refractivity contribution in [3.8, 4) is 0 Å². The van der Waals surface area contributed by atoms with Gasteiger partial charge in [-0.2, -0.15) is 0 Å². The number of carbonyl (C=O) groups excluding carboxylic acids is 2. The maximum atomic E-state index is 12.2. The molecule has 1 aromatic carbocycles. The van der Waals surface area contributed by atoms with Crippen LogP contribution in [0.1, 0.15) is 31.2 Å². The zero-order valence-corrected chi connectivity index (χ0v) is 12.7. The Hall–Kier alpha value is -1.88. The van der Waals surface area contributed by atoms with Gasteiger partial charge in [-0.3, -0.25) is 9.59 Å². The molecule has 1 aliphatic rings. The molecule has 2 amide bonds. The van der Waals surface area contributed by atoms with Gasteiger partial charge in [-0.1, -0.05) is 25.0 Å². The Morgan fingerprint density at radius 2 is 1.76 bits per heavy atom. The average molecular weight is 289 g/mol. The lowest BCUT2D eigenvalue weighted by Crippen LogP contribution is -2.48. The van der Waals surface area contributed by atoms with E-state index < -0.39 is 5.54 Å². The third kappa shape index (κ3) is 3.82. The number of hydrogen-bond donors (Lipinski definition) is 2. The summed E-state index contributed by atoms with van der Waals surface area (Å²) in [6.45, 7) is 0. The second kappa shape index (κ2) is 6.26. The Bertz CT molecular complexity index is 517. The average Bonchev–Trinajstić information content (AvgIpc) is 2.89. The number of hydrogen-bond acceptors (Lipinski definition) is 3. The highest BCUT2D eigenvalue weighted by atomic mass is 16.2. The maximum Gasteiger partial charge on any atom is 0.244 e. The summed E-state index contributed by atoms with van der Waals surface area (Å²) in [5.41, 5.74) is 7.04. The Morgan fingerprint density at radius 3 is 2.29 bits per heavy atom. The normalized spacial score (nSPS) is 16.5. The number of amides is 2. The molecule has 2 rings (SSSR count). The predicted molar refractivity (Wildman–Crippen MR) is 82.9 cm³/mol. The number of likely N-dealkylation sites (N-methyl/N-ethyl adjacent to an activating group) is 1. The summed E-state index contributed by atoms with van der Waals surface area (Å²) in [6, 6.07) is 7.34. The van der Waals surface area contributed by atoms with Crippen LogP contribution in [0.25, 0.3) is 0 Å². The molecule has 0 heterocycles. The molecule has 0 saturated heterocycles. The molecule has 0 radical (unpaired) electrons. The molecule has 21 heavy (non-hydrogen) atoms. The summed E-state index contributed by atoms with van der Waals surface area (Å²) in [5.74, 6) is -0.0595. The molecule has 3 N–H and O–H groups in total. The minimum atomic E-state index is -0.723. The maximum absolute atomic E-state index is 12.2. The van der Waals surface area contributed by atoms with Gasteiger partial charge in [-0.15, -0.1) is 0 Å². The van der Waals surface area contributed by atoms with Gasteiger partial charge in [-0.05, 0) is 30.5 Å². The molecule has 5 nitrogen and oxygen atoms in total. The molecule has 0 spiro atoms. The van der Waals surface area contributed by atoms with E-state index in [0.29, 0.717) is 6.42 Å². The van der Waals surface area contributed by atoms with Crippen molar-refractivity contribution in [3.63, 3.8) is 0 Å². The molecule has 1 aromatic rings. The van der Waals surface area contributed by atoms with Gasteiger partial charge in [0.1, 0.15) is 0 Å². The Labute approximate surface area is 125 Å². The van der Waals surface area contributed by atoms with Gasteiger partial charge in [0, 0.05) is 19.8 Å². The smallest absolute Gasteiger partial charge is 0.244 e. The number of carbonyl (C=O) groups is 2. The molecule has 0 unspecified atom stereocenters. The number of benzene rings is 1. The quantitative estimate of drug-likeness (QED) is 0.882. The van der Waals surface area contributed by atoms with E-state index in [1.54, 1.807) is 19.0 Å².